The highest BCUT2D eigenvalue weighted by atomic mass is 19.4. The third kappa shape index (κ3) is 3.73. The van der Waals surface area contributed by atoms with Gasteiger partial charge in [0.2, 0.25) is 17.7 Å². The number of carbonyl (C=O) groups is 1. The van der Waals surface area contributed by atoms with Gasteiger partial charge in [0.25, 0.3) is 0 Å². The van der Waals surface area contributed by atoms with Crippen molar-refractivity contribution in [2.24, 2.45) is 0 Å². The van der Waals surface area contributed by atoms with Crippen molar-refractivity contribution in [3.8, 4) is 0 Å². The number of amides is 1. The second-order valence-corrected chi connectivity index (χ2v) is 5.61. The van der Waals surface area contributed by atoms with Gasteiger partial charge in [-0.15, -0.1) is 5.10 Å². The highest BCUT2D eigenvalue weighted by Gasteiger charge is 2.36. The zero-order chi connectivity index (χ0) is 17.2. The first-order valence-corrected chi connectivity index (χ1v) is 7.52. The topological polar surface area (TPSA) is 73.9 Å². The number of likely N-dealkylation sites (tertiary alicyclic amines) is 1. The highest BCUT2D eigenvalue weighted by Crippen LogP contribution is 2.26. The maximum absolute atomic E-state index is 12.5. The van der Waals surface area contributed by atoms with Crippen LogP contribution in [0.4, 0.5) is 19.1 Å². The van der Waals surface area contributed by atoms with Gasteiger partial charge in [0.15, 0.2) is 0 Å². The average Bonchev–Trinajstić information content (AvgIpc) is 3.17. The number of nitrogens with one attached hydrogen (secondary N) is 2. The van der Waals surface area contributed by atoms with Crippen LogP contribution in [-0.2, 0) is 17.5 Å². The van der Waals surface area contributed by atoms with Gasteiger partial charge in [0.05, 0.1) is 6.04 Å². The van der Waals surface area contributed by atoms with Gasteiger partial charge >= 0.3 is 6.18 Å². The number of aromatic nitrogens is 3. The standard InChI is InChI=1S/C15H16F3N5O/c16-15(17,18)13-20-14(22-21-13)19-12(24)11-7-4-8-23(11)9-10-5-2-1-3-6-10/h1-3,5-6,11H,4,7-9H2,(H2,19,20,21,22,24)/t11-/m1/s1. The number of hydrogen-bond donors (Lipinski definition) is 2. The molecule has 1 aliphatic heterocycles. The molecule has 1 aliphatic rings. The zero-order valence-corrected chi connectivity index (χ0v) is 12.7. The number of halogens is 3. The van der Waals surface area contributed by atoms with Crippen LogP contribution in [0.2, 0.25) is 0 Å². The molecular weight excluding hydrogens is 323 g/mol. The number of anilines is 1. The molecule has 1 saturated heterocycles. The zero-order valence-electron chi connectivity index (χ0n) is 12.7. The molecule has 3 rings (SSSR count). The van der Waals surface area contributed by atoms with Crippen LogP contribution in [0.15, 0.2) is 30.3 Å². The molecule has 24 heavy (non-hydrogen) atoms. The third-order valence-corrected chi connectivity index (χ3v) is 3.88. The van der Waals surface area contributed by atoms with Gasteiger partial charge in [-0.2, -0.15) is 18.2 Å². The van der Waals surface area contributed by atoms with E-state index in [1.54, 1.807) is 5.10 Å². The lowest BCUT2D eigenvalue weighted by molar-refractivity contribution is -0.144. The summed E-state index contributed by atoms with van der Waals surface area (Å²) in [7, 11) is 0. The Hall–Kier alpha value is -2.42. The Kier molecular flexibility index (Phi) is 4.52. The van der Waals surface area contributed by atoms with E-state index >= 15 is 0 Å². The predicted molar refractivity (Wildman–Crippen MR) is 79.9 cm³/mol. The van der Waals surface area contributed by atoms with E-state index in [1.807, 2.05) is 35.2 Å². The molecule has 0 saturated carbocycles. The van der Waals surface area contributed by atoms with E-state index in [-0.39, 0.29) is 5.95 Å². The lowest BCUT2D eigenvalue weighted by atomic mass is 10.1. The molecule has 6 nitrogen and oxygen atoms in total. The number of alkyl halides is 3. The molecule has 128 valence electrons. The molecule has 2 heterocycles. The fourth-order valence-electron chi connectivity index (χ4n) is 2.77. The van der Waals surface area contributed by atoms with Gasteiger partial charge in [-0.3, -0.25) is 20.1 Å². The van der Waals surface area contributed by atoms with E-state index in [1.165, 1.54) is 0 Å². The molecule has 1 aromatic heterocycles. The van der Waals surface area contributed by atoms with Crippen LogP contribution in [0, 0.1) is 0 Å². The van der Waals surface area contributed by atoms with Gasteiger partial charge in [-0.05, 0) is 24.9 Å². The largest absolute Gasteiger partial charge is 0.451 e. The molecular formula is C15H16F3N5O. The maximum atomic E-state index is 12.5. The van der Waals surface area contributed by atoms with Crippen molar-refractivity contribution in [2.45, 2.75) is 31.6 Å². The SMILES string of the molecule is O=C(Nc1n[nH]c(C(F)(F)F)n1)[C@H]1CCCN1Cc1ccccc1. The van der Waals surface area contributed by atoms with Crippen molar-refractivity contribution in [3.05, 3.63) is 41.7 Å². The molecule has 1 atom stereocenters. The maximum Gasteiger partial charge on any atom is 0.451 e. The lowest BCUT2D eigenvalue weighted by Crippen LogP contribution is -2.39. The fourth-order valence-corrected chi connectivity index (χ4v) is 2.77. The van der Waals surface area contributed by atoms with Gasteiger partial charge in [0.1, 0.15) is 0 Å². The summed E-state index contributed by atoms with van der Waals surface area (Å²) >= 11 is 0. The average molecular weight is 339 g/mol. The second kappa shape index (κ2) is 6.60. The van der Waals surface area contributed by atoms with Gasteiger partial charge < -0.3 is 0 Å². The van der Waals surface area contributed by atoms with Crippen molar-refractivity contribution >= 4 is 11.9 Å². The summed E-state index contributed by atoms with van der Waals surface area (Å²) in [6, 6.07) is 9.30. The monoisotopic (exact) mass is 339 g/mol. The summed E-state index contributed by atoms with van der Waals surface area (Å²) in [5, 5.41) is 7.53. The Bertz CT molecular complexity index is 701. The van der Waals surface area contributed by atoms with E-state index in [0.717, 1.165) is 18.5 Å². The van der Waals surface area contributed by atoms with E-state index < -0.39 is 23.9 Å². The van der Waals surface area contributed by atoms with Crippen molar-refractivity contribution in [2.75, 3.05) is 11.9 Å². The predicted octanol–water partition coefficient (Wildman–Crippen LogP) is 2.43. The third-order valence-electron chi connectivity index (χ3n) is 3.88. The van der Waals surface area contributed by atoms with Crippen LogP contribution >= 0.6 is 0 Å². The van der Waals surface area contributed by atoms with Crippen LogP contribution in [0.3, 0.4) is 0 Å². The van der Waals surface area contributed by atoms with Crippen LogP contribution in [-0.4, -0.2) is 38.6 Å². The molecule has 1 aromatic carbocycles. The van der Waals surface area contributed by atoms with E-state index in [4.69, 9.17) is 0 Å². The van der Waals surface area contributed by atoms with E-state index in [0.29, 0.717) is 13.0 Å². The van der Waals surface area contributed by atoms with Crippen LogP contribution < -0.4 is 5.32 Å². The first-order valence-electron chi connectivity index (χ1n) is 7.52. The molecule has 9 heteroatoms. The van der Waals surface area contributed by atoms with Crippen molar-refractivity contribution in [3.63, 3.8) is 0 Å². The minimum absolute atomic E-state index is 0.362. The smallest absolute Gasteiger partial charge is 0.292 e. The summed E-state index contributed by atoms with van der Waals surface area (Å²) in [6.45, 7) is 1.37. The number of aromatic amines is 1. The Morgan fingerprint density at radius 2 is 2.08 bits per heavy atom. The number of H-pyrrole nitrogens is 1. The number of benzene rings is 1. The number of carbonyl (C=O) groups excluding carboxylic acids is 1. The number of hydrogen-bond acceptors (Lipinski definition) is 4. The van der Waals surface area contributed by atoms with Crippen LogP contribution in [0.25, 0.3) is 0 Å². The molecule has 1 amide bonds. The number of rotatable bonds is 4. The first kappa shape index (κ1) is 16.4. The second-order valence-electron chi connectivity index (χ2n) is 5.61. The summed E-state index contributed by atoms with van der Waals surface area (Å²) in [5.74, 6) is -1.99. The Balaban J connectivity index is 1.64. The summed E-state index contributed by atoms with van der Waals surface area (Å²) in [6.07, 6.45) is -3.12. The molecule has 2 N–H and O–H groups in total. The van der Waals surface area contributed by atoms with Crippen LogP contribution in [0.5, 0.6) is 0 Å². The summed E-state index contributed by atoms with van der Waals surface area (Å²) < 4.78 is 37.5. The van der Waals surface area contributed by atoms with Crippen LogP contribution in [0.1, 0.15) is 24.2 Å². The minimum atomic E-state index is -4.62. The fraction of sp³-hybridized carbons (Fsp3) is 0.400. The Morgan fingerprint density at radius 3 is 2.75 bits per heavy atom. The van der Waals surface area contributed by atoms with Crippen molar-refractivity contribution in [1.82, 2.24) is 20.1 Å². The molecule has 0 unspecified atom stereocenters. The number of nitrogens with zero attached hydrogens (tertiary/aromatic N) is 3. The van der Waals surface area contributed by atoms with E-state index in [9.17, 15) is 18.0 Å². The van der Waals surface area contributed by atoms with Gasteiger partial charge in [-0.25, -0.2) is 0 Å². The molecule has 1 fully saturated rings. The highest BCUT2D eigenvalue weighted by molar-refractivity contribution is 5.93. The quantitative estimate of drug-likeness (QED) is 0.897. The first-order chi connectivity index (χ1) is 11.4. The summed E-state index contributed by atoms with van der Waals surface area (Å²) in [5.41, 5.74) is 1.08. The van der Waals surface area contributed by atoms with Gasteiger partial charge in [0, 0.05) is 6.54 Å². The van der Waals surface area contributed by atoms with Gasteiger partial charge in [-0.1, -0.05) is 30.3 Å². The molecule has 0 bridgehead atoms. The lowest BCUT2D eigenvalue weighted by Gasteiger charge is -2.23. The normalized spacial score (nSPS) is 18.7. The Labute approximate surface area is 136 Å². The van der Waals surface area contributed by atoms with Crippen molar-refractivity contribution in [1.29, 1.82) is 0 Å². The van der Waals surface area contributed by atoms with E-state index in [2.05, 4.69) is 15.4 Å². The molecule has 0 radical (unpaired) electrons. The van der Waals surface area contributed by atoms with Crippen molar-refractivity contribution < 1.29 is 18.0 Å². The molecule has 0 spiro atoms. The minimum Gasteiger partial charge on any atom is -0.292 e. The summed E-state index contributed by atoms with van der Waals surface area (Å²) in [4.78, 5) is 17.6. The Morgan fingerprint density at radius 1 is 1.33 bits per heavy atom. The molecule has 0 aliphatic carbocycles. The molecule has 2 aromatic rings.